The smallest absolute Gasteiger partial charge is 0.416 e. The van der Waals surface area contributed by atoms with Gasteiger partial charge in [0.2, 0.25) is 0 Å². The Bertz CT molecular complexity index is 1140. The lowest BCUT2D eigenvalue weighted by Gasteiger charge is -2.14. The maximum Gasteiger partial charge on any atom is 0.416 e. The first-order valence-electron chi connectivity index (χ1n) is 9.36. The van der Waals surface area contributed by atoms with E-state index >= 15 is 0 Å². The Labute approximate surface area is 187 Å². The lowest BCUT2D eigenvalue weighted by atomic mass is 10.0. The van der Waals surface area contributed by atoms with Gasteiger partial charge in [0, 0.05) is 16.5 Å². The molecule has 0 saturated carbocycles. The number of nitrogens with one attached hydrogen (secondary N) is 1. The van der Waals surface area contributed by atoms with Crippen LogP contribution in [0.25, 0.3) is 11.1 Å². The number of esters is 1. The van der Waals surface area contributed by atoms with Crippen molar-refractivity contribution in [3.63, 3.8) is 0 Å². The van der Waals surface area contributed by atoms with Crippen molar-refractivity contribution in [3.8, 4) is 11.1 Å². The maximum absolute atomic E-state index is 13.1. The Kier molecular flexibility index (Phi) is 6.82. The minimum atomic E-state index is -5.10. The minimum Gasteiger partial charge on any atom is -0.462 e. The molecule has 0 saturated heterocycles. The van der Waals surface area contributed by atoms with Crippen LogP contribution in [0.4, 0.5) is 31.3 Å². The van der Waals surface area contributed by atoms with Gasteiger partial charge >= 0.3 is 18.3 Å². The average molecular weight is 487 g/mol. The van der Waals surface area contributed by atoms with Crippen LogP contribution in [0.5, 0.6) is 0 Å². The van der Waals surface area contributed by atoms with E-state index in [4.69, 9.17) is 4.74 Å². The molecule has 3 rings (SSSR count). The fraction of sp³-hybridized carbons (Fsp3) is 0.182. The summed E-state index contributed by atoms with van der Waals surface area (Å²) in [7, 11) is 0. The molecule has 0 radical (unpaired) electrons. The first-order chi connectivity index (χ1) is 15.4. The van der Waals surface area contributed by atoms with Crippen molar-refractivity contribution in [2.45, 2.75) is 19.3 Å². The molecule has 1 aromatic heterocycles. The molecule has 4 nitrogen and oxygen atoms in total. The quantitative estimate of drug-likeness (QED) is 0.315. The molecule has 174 valence electrons. The van der Waals surface area contributed by atoms with Gasteiger partial charge in [-0.15, -0.1) is 11.3 Å². The van der Waals surface area contributed by atoms with Gasteiger partial charge in [0.15, 0.2) is 0 Å². The van der Waals surface area contributed by atoms with Gasteiger partial charge in [0.25, 0.3) is 5.91 Å². The third-order valence-corrected chi connectivity index (χ3v) is 5.33. The van der Waals surface area contributed by atoms with Crippen molar-refractivity contribution >= 4 is 28.2 Å². The fourth-order valence-electron chi connectivity index (χ4n) is 2.95. The zero-order chi connectivity index (χ0) is 24.4. The van der Waals surface area contributed by atoms with Crippen molar-refractivity contribution in [1.29, 1.82) is 0 Å². The standard InChI is InChI=1S/C22H15F6NO3S/c1-2-32-20(31)17-16(12-6-4-3-5-7-12)11-33-19(17)29-18(30)13-8-14(21(23,24)25)10-15(9-13)22(26,27)28/h3-11H,2H2,1H3,(H,29,30). The van der Waals surface area contributed by atoms with Crippen molar-refractivity contribution in [3.05, 3.63) is 76.2 Å². The van der Waals surface area contributed by atoms with E-state index in [0.717, 1.165) is 11.3 Å². The van der Waals surface area contributed by atoms with E-state index in [1.54, 1.807) is 37.3 Å². The highest BCUT2D eigenvalue weighted by Gasteiger charge is 2.37. The van der Waals surface area contributed by atoms with Gasteiger partial charge in [-0.05, 0) is 30.7 Å². The molecule has 0 aliphatic rings. The summed E-state index contributed by atoms with van der Waals surface area (Å²) in [6.45, 7) is 1.57. The van der Waals surface area contributed by atoms with Crippen molar-refractivity contribution in [1.82, 2.24) is 0 Å². The molecule has 0 aliphatic carbocycles. The van der Waals surface area contributed by atoms with Crippen LogP contribution < -0.4 is 5.32 Å². The predicted molar refractivity (Wildman–Crippen MR) is 110 cm³/mol. The Morgan fingerprint density at radius 1 is 0.939 bits per heavy atom. The Balaban J connectivity index is 2.04. The first-order valence-corrected chi connectivity index (χ1v) is 10.2. The molecule has 0 unspecified atom stereocenters. The van der Waals surface area contributed by atoms with Gasteiger partial charge in [0.05, 0.1) is 17.7 Å². The van der Waals surface area contributed by atoms with Crippen LogP contribution in [-0.2, 0) is 17.1 Å². The Hall–Kier alpha value is -3.34. The van der Waals surface area contributed by atoms with E-state index in [0.29, 0.717) is 23.3 Å². The van der Waals surface area contributed by atoms with Crippen LogP contribution in [0.1, 0.15) is 38.8 Å². The van der Waals surface area contributed by atoms with E-state index in [9.17, 15) is 35.9 Å². The molecule has 1 N–H and O–H groups in total. The van der Waals surface area contributed by atoms with Crippen LogP contribution >= 0.6 is 11.3 Å². The summed E-state index contributed by atoms with van der Waals surface area (Å²) in [5.41, 5.74) is -3.15. The summed E-state index contributed by atoms with van der Waals surface area (Å²) in [5, 5.41) is 3.72. The third-order valence-electron chi connectivity index (χ3n) is 4.43. The first kappa shape index (κ1) is 24.3. The minimum absolute atomic E-state index is 0.0128. The summed E-state index contributed by atoms with van der Waals surface area (Å²) < 4.78 is 83.7. The summed E-state index contributed by atoms with van der Waals surface area (Å²) in [4.78, 5) is 25.2. The largest absolute Gasteiger partial charge is 0.462 e. The number of amides is 1. The molecular formula is C22H15F6NO3S. The summed E-state index contributed by atoms with van der Waals surface area (Å²) >= 11 is 0.890. The zero-order valence-electron chi connectivity index (χ0n) is 16.8. The fourth-order valence-corrected chi connectivity index (χ4v) is 3.90. The molecule has 0 aliphatic heterocycles. The van der Waals surface area contributed by atoms with E-state index in [2.05, 4.69) is 5.32 Å². The highest BCUT2D eigenvalue weighted by molar-refractivity contribution is 7.15. The number of thiophene rings is 1. The molecule has 0 bridgehead atoms. The zero-order valence-corrected chi connectivity index (χ0v) is 17.6. The highest BCUT2D eigenvalue weighted by Crippen LogP contribution is 2.38. The van der Waals surface area contributed by atoms with Gasteiger partial charge in [0.1, 0.15) is 10.6 Å². The van der Waals surface area contributed by atoms with Gasteiger partial charge in [-0.3, -0.25) is 4.79 Å². The SMILES string of the molecule is CCOC(=O)c1c(-c2ccccc2)csc1NC(=O)c1cc(C(F)(F)F)cc(C(F)(F)F)c1. The molecule has 2 aromatic carbocycles. The van der Waals surface area contributed by atoms with Crippen molar-refractivity contribution < 1.29 is 40.7 Å². The van der Waals surface area contributed by atoms with E-state index < -0.39 is 40.9 Å². The van der Waals surface area contributed by atoms with Crippen LogP contribution in [-0.4, -0.2) is 18.5 Å². The van der Waals surface area contributed by atoms with E-state index in [1.807, 2.05) is 0 Å². The molecule has 11 heteroatoms. The molecule has 33 heavy (non-hydrogen) atoms. The van der Waals surface area contributed by atoms with Gasteiger partial charge in [-0.2, -0.15) is 26.3 Å². The molecular weight excluding hydrogens is 472 g/mol. The van der Waals surface area contributed by atoms with Crippen LogP contribution in [0.15, 0.2) is 53.9 Å². The molecule has 0 atom stereocenters. The second-order valence-corrected chi connectivity index (χ2v) is 7.57. The van der Waals surface area contributed by atoms with Crippen molar-refractivity contribution in [2.75, 3.05) is 11.9 Å². The van der Waals surface area contributed by atoms with E-state index in [1.165, 1.54) is 5.38 Å². The number of benzene rings is 2. The predicted octanol–water partition coefficient (Wildman–Crippen LogP) is 6.88. The molecule has 1 amide bonds. The summed E-state index contributed by atoms with van der Waals surface area (Å²) in [6, 6.07) is 9.12. The molecule has 1 heterocycles. The van der Waals surface area contributed by atoms with Crippen LogP contribution in [0.3, 0.4) is 0 Å². The summed E-state index contributed by atoms with van der Waals surface area (Å²) in [6.07, 6.45) is -10.2. The molecule has 0 spiro atoms. The summed E-state index contributed by atoms with van der Waals surface area (Å²) in [5.74, 6) is -2.04. The molecule has 3 aromatic rings. The van der Waals surface area contributed by atoms with E-state index in [-0.39, 0.29) is 23.2 Å². The number of hydrogen-bond acceptors (Lipinski definition) is 4. The number of rotatable bonds is 5. The normalized spacial score (nSPS) is 11.8. The van der Waals surface area contributed by atoms with Crippen LogP contribution in [0, 0.1) is 0 Å². The van der Waals surface area contributed by atoms with Crippen molar-refractivity contribution in [2.24, 2.45) is 0 Å². The van der Waals surface area contributed by atoms with Gasteiger partial charge in [-0.25, -0.2) is 4.79 Å². The second-order valence-electron chi connectivity index (χ2n) is 6.69. The molecule has 0 fully saturated rings. The number of halogens is 6. The topological polar surface area (TPSA) is 55.4 Å². The number of anilines is 1. The third kappa shape index (κ3) is 5.54. The Morgan fingerprint density at radius 3 is 2.03 bits per heavy atom. The maximum atomic E-state index is 13.1. The highest BCUT2D eigenvalue weighted by atomic mass is 32.1. The number of carbonyl (C=O) groups is 2. The monoisotopic (exact) mass is 487 g/mol. The lowest BCUT2D eigenvalue weighted by molar-refractivity contribution is -0.143. The van der Waals surface area contributed by atoms with Gasteiger partial charge in [-0.1, -0.05) is 30.3 Å². The number of alkyl halides is 6. The van der Waals surface area contributed by atoms with Gasteiger partial charge < -0.3 is 10.1 Å². The second kappa shape index (κ2) is 9.26. The van der Waals surface area contributed by atoms with Crippen LogP contribution in [0.2, 0.25) is 0 Å². The lowest BCUT2D eigenvalue weighted by Crippen LogP contribution is -2.18. The number of hydrogen-bond donors (Lipinski definition) is 1. The number of carbonyl (C=O) groups excluding carboxylic acids is 2. The Morgan fingerprint density at radius 2 is 1.52 bits per heavy atom. The number of ether oxygens (including phenoxy) is 1. The average Bonchev–Trinajstić information content (AvgIpc) is 3.16.